The number of H-pyrrole nitrogens is 1. The summed E-state index contributed by atoms with van der Waals surface area (Å²) in [5.41, 5.74) is 6.61. The molecule has 118 valence electrons. The summed E-state index contributed by atoms with van der Waals surface area (Å²) in [5, 5.41) is 18.2. The van der Waals surface area contributed by atoms with E-state index < -0.39 is 0 Å². The fourth-order valence-electron chi connectivity index (χ4n) is 3.01. The smallest absolute Gasteiger partial charge is 0.115 e. The minimum Gasteiger partial charge on any atom is -0.508 e. The molecule has 1 heterocycles. The van der Waals surface area contributed by atoms with Crippen LogP contribution in [0.5, 0.6) is 5.75 Å². The minimum absolute atomic E-state index is 0.277. The molecule has 0 fully saturated rings. The second-order valence-electron chi connectivity index (χ2n) is 5.93. The number of hydrogen-bond donors (Lipinski definition) is 2. The number of nitrogens with zero attached hydrogens (tertiary/aromatic N) is 1. The van der Waals surface area contributed by atoms with E-state index in [1.807, 2.05) is 12.1 Å². The normalized spacial score (nSPS) is 11.0. The Labute approximate surface area is 140 Å². The lowest BCUT2D eigenvalue weighted by Crippen LogP contribution is -1.83. The third-order valence-corrected chi connectivity index (χ3v) is 4.37. The summed E-state index contributed by atoms with van der Waals surface area (Å²) in [5.74, 6) is 0.277. The van der Waals surface area contributed by atoms with Gasteiger partial charge in [0.2, 0.25) is 0 Å². The molecule has 3 aromatic carbocycles. The highest BCUT2D eigenvalue weighted by Gasteiger charge is 2.09. The molecular formula is C21H18N2O. The van der Waals surface area contributed by atoms with E-state index in [2.05, 4.69) is 59.6 Å². The van der Waals surface area contributed by atoms with E-state index in [0.29, 0.717) is 0 Å². The molecule has 24 heavy (non-hydrogen) atoms. The van der Waals surface area contributed by atoms with E-state index in [9.17, 15) is 5.11 Å². The molecule has 0 amide bonds. The van der Waals surface area contributed by atoms with Gasteiger partial charge in [-0.1, -0.05) is 43.3 Å². The first-order valence-electron chi connectivity index (χ1n) is 8.11. The molecule has 0 aliphatic rings. The highest BCUT2D eigenvalue weighted by Crippen LogP contribution is 2.30. The fraction of sp³-hybridized carbons (Fsp3) is 0.0952. The van der Waals surface area contributed by atoms with Crippen LogP contribution < -0.4 is 0 Å². The first-order chi connectivity index (χ1) is 11.7. The lowest BCUT2D eigenvalue weighted by atomic mass is 10.0. The zero-order valence-electron chi connectivity index (χ0n) is 13.5. The highest BCUT2D eigenvalue weighted by molar-refractivity contribution is 5.95. The number of rotatable bonds is 3. The molecule has 0 saturated carbocycles. The van der Waals surface area contributed by atoms with Gasteiger partial charge in [-0.3, -0.25) is 5.10 Å². The number of aromatic amines is 1. The van der Waals surface area contributed by atoms with Crippen molar-refractivity contribution in [1.29, 1.82) is 0 Å². The van der Waals surface area contributed by atoms with E-state index >= 15 is 0 Å². The van der Waals surface area contributed by atoms with Gasteiger partial charge in [-0.05, 0) is 53.4 Å². The van der Waals surface area contributed by atoms with Crippen LogP contribution in [0.25, 0.3) is 33.3 Å². The fourth-order valence-corrected chi connectivity index (χ4v) is 3.01. The molecular weight excluding hydrogens is 296 g/mol. The third-order valence-electron chi connectivity index (χ3n) is 4.37. The zero-order chi connectivity index (χ0) is 16.5. The van der Waals surface area contributed by atoms with Crippen LogP contribution in [-0.4, -0.2) is 15.3 Å². The van der Waals surface area contributed by atoms with E-state index in [-0.39, 0.29) is 5.75 Å². The second-order valence-corrected chi connectivity index (χ2v) is 5.93. The van der Waals surface area contributed by atoms with Gasteiger partial charge in [-0.2, -0.15) is 5.10 Å². The molecule has 0 bridgehead atoms. The van der Waals surface area contributed by atoms with Gasteiger partial charge in [0.25, 0.3) is 0 Å². The van der Waals surface area contributed by atoms with Gasteiger partial charge in [0.1, 0.15) is 5.75 Å². The number of aromatic nitrogens is 2. The van der Waals surface area contributed by atoms with Gasteiger partial charge in [0.05, 0.1) is 11.2 Å². The molecule has 0 atom stereocenters. The molecule has 0 spiro atoms. The van der Waals surface area contributed by atoms with Crippen molar-refractivity contribution >= 4 is 10.9 Å². The van der Waals surface area contributed by atoms with Gasteiger partial charge in [-0.15, -0.1) is 0 Å². The summed E-state index contributed by atoms with van der Waals surface area (Å²) < 4.78 is 0. The van der Waals surface area contributed by atoms with Gasteiger partial charge in [-0.25, -0.2) is 0 Å². The first-order valence-corrected chi connectivity index (χ1v) is 8.11. The SMILES string of the molecule is CCc1cccc(-c2n[nH]c3cc(-c4ccc(O)cc4)ccc23)c1. The van der Waals surface area contributed by atoms with Crippen molar-refractivity contribution < 1.29 is 5.11 Å². The number of phenols is 1. The summed E-state index contributed by atoms with van der Waals surface area (Å²) in [6, 6.07) is 22.1. The van der Waals surface area contributed by atoms with Crippen LogP contribution in [0, 0.1) is 0 Å². The summed E-state index contributed by atoms with van der Waals surface area (Å²) in [6.45, 7) is 2.16. The Balaban J connectivity index is 1.79. The molecule has 0 saturated heterocycles. The Morgan fingerprint density at radius 2 is 1.67 bits per heavy atom. The van der Waals surface area contributed by atoms with Crippen molar-refractivity contribution in [1.82, 2.24) is 10.2 Å². The maximum absolute atomic E-state index is 9.43. The van der Waals surface area contributed by atoms with E-state index in [0.717, 1.165) is 39.7 Å². The van der Waals surface area contributed by atoms with Crippen molar-refractivity contribution in [2.75, 3.05) is 0 Å². The standard InChI is InChI=1S/C21H18N2O/c1-2-14-4-3-5-17(12-14)21-19-11-8-16(13-20(19)22-23-21)15-6-9-18(24)10-7-15/h3-13,24H,2H2,1H3,(H,22,23). The number of phenolic OH excluding ortho intramolecular Hbond substituents is 1. The maximum atomic E-state index is 9.43. The van der Waals surface area contributed by atoms with Gasteiger partial charge in [0.15, 0.2) is 0 Å². The highest BCUT2D eigenvalue weighted by atomic mass is 16.3. The van der Waals surface area contributed by atoms with Gasteiger partial charge < -0.3 is 5.11 Å². The molecule has 3 nitrogen and oxygen atoms in total. The predicted molar refractivity (Wildman–Crippen MR) is 98.0 cm³/mol. The van der Waals surface area contributed by atoms with Crippen LogP contribution in [0.15, 0.2) is 66.7 Å². The molecule has 4 rings (SSSR count). The number of benzene rings is 3. The number of aromatic hydroxyl groups is 1. The quantitative estimate of drug-likeness (QED) is 0.548. The number of aryl methyl sites for hydroxylation is 1. The molecule has 4 aromatic rings. The Bertz CT molecular complexity index is 1000. The van der Waals surface area contributed by atoms with Crippen molar-refractivity contribution in [2.45, 2.75) is 13.3 Å². The van der Waals surface area contributed by atoms with Crippen LogP contribution in [0.4, 0.5) is 0 Å². The summed E-state index contributed by atoms with van der Waals surface area (Å²) in [7, 11) is 0. The van der Waals surface area contributed by atoms with E-state index in [4.69, 9.17) is 0 Å². The van der Waals surface area contributed by atoms with Crippen LogP contribution in [0.3, 0.4) is 0 Å². The van der Waals surface area contributed by atoms with Crippen LogP contribution in [0.1, 0.15) is 12.5 Å². The summed E-state index contributed by atoms with van der Waals surface area (Å²) in [6.07, 6.45) is 1.02. The molecule has 0 unspecified atom stereocenters. The largest absolute Gasteiger partial charge is 0.508 e. The topological polar surface area (TPSA) is 48.9 Å². The molecule has 0 aliphatic heterocycles. The molecule has 0 aliphatic carbocycles. The van der Waals surface area contributed by atoms with E-state index in [1.54, 1.807) is 12.1 Å². The summed E-state index contributed by atoms with van der Waals surface area (Å²) in [4.78, 5) is 0. The lowest BCUT2D eigenvalue weighted by Gasteiger charge is -2.04. The third kappa shape index (κ3) is 2.54. The molecule has 0 radical (unpaired) electrons. The Morgan fingerprint density at radius 1 is 0.875 bits per heavy atom. The predicted octanol–water partition coefficient (Wildman–Crippen LogP) is 5.16. The van der Waals surface area contributed by atoms with Crippen LogP contribution in [-0.2, 0) is 6.42 Å². The van der Waals surface area contributed by atoms with Crippen LogP contribution in [0.2, 0.25) is 0 Å². The van der Waals surface area contributed by atoms with E-state index in [1.165, 1.54) is 5.56 Å². The molecule has 2 N–H and O–H groups in total. The average Bonchev–Trinajstić information content (AvgIpc) is 3.05. The Morgan fingerprint density at radius 3 is 2.46 bits per heavy atom. The maximum Gasteiger partial charge on any atom is 0.115 e. The number of fused-ring (bicyclic) bond motifs is 1. The van der Waals surface area contributed by atoms with Crippen LogP contribution >= 0.6 is 0 Å². The van der Waals surface area contributed by atoms with Crippen molar-refractivity contribution in [2.24, 2.45) is 0 Å². The van der Waals surface area contributed by atoms with Crippen molar-refractivity contribution in [3.05, 3.63) is 72.3 Å². The summed E-state index contributed by atoms with van der Waals surface area (Å²) >= 11 is 0. The van der Waals surface area contributed by atoms with Gasteiger partial charge >= 0.3 is 0 Å². The first kappa shape index (κ1) is 14.5. The van der Waals surface area contributed by atoms with Gasteiger partial charge in [0, 0.05) is 10.9 Å². The Kier molecular flexibility index (Phi) is 3.54. The molecule has 1 aromatic heterocycles. The van der Waals surface area contributed by atoms with Crippen molar-refractivity contribution in [3.63, 3.8) is 0 Å². The second kappa shape index (κ2) is 5.85. The number of nitrogens with one attached hydrogen (secondary N) is 1. The average molecular weight is 314 g/mol. The lowest BCUT2D eigenvalue weighted by molar-refractivity contribution is 0.475. The minimum atomic E-state index is 0.277. The molecule has 3 heteroatoms. The van der Waals surface area contributed by atoms with Crippen molar-refractivity contribution in [3.8, 4) is 28.1 Å². The number of hydrogen-bond acceptors (Lipinski definition) is 2. The Hall–Kier alpha value is -3.07. The zero-order valence-corrected chi connectivity index (χ0v) is 13.5. The monoisotopic (exact) mass is 314 g/mol.